The Morgan fingerprint density at radius 1 is 1.27 bits per heavy atom. The van der Waals surface area contributed by atoms with Gasteiger partial charge in [-0.25, -0.2) is 4.79 Å². The number of rotatable bonds is 6. The van der Waals surface area contributed by atoms with Crippen molar-refractivity contribution < 1.29 is 14.3 Å². The third-order valence-electron chi connectivity index (χ3n) is 3.46. The van der Waals surface area contributed by atoms with E-state index in [4.69, 9.17) is 4.74 Å². The molecule has 0 aliphatic rings. The van der Waals surface area contributed by atoms with Crippen LogP contribution in [0, 0.1) is 0 Å². The van der Waals surface area contributed by atoms with Gasteiger partial charge in [0.1, 0.15) is 6.04 Å². The van der Waals surface area contributed by atoms with Gasteiger partial charge in [-0.15, -0.1) is 6.58 Å². The summed E-state index contributed by atoms with van der Waals surface area (Å²) < 4.78 is 4.72. The fourth-order valence-corrected chi connectivity index (χ4v) is 2.04. The summed E-state index contributed by atoms with van der Waals surface area (Å²) in [6.45, 7) is 9.97. The lowest BCUT2D eigenvalue weighted by Crippen LogP contribution is -2.41. The van der Waals surface area contributed by atoms with Crippen molar-refractivity contribution in [2.24, 2.45) is 0 Å². The molecule has 22 heavy (non-hydrogen) atoms. The van der Waals surface area contributed by atoms with Gasteiger partial charge in [-0.3, -0.25) is 4.79 Å². The Morgan fingerprint density at radius 3 is 2.32 bits per heavy atom. The van der Waals surface area contributed by atoms with Gasteiger partial charge >= 0.3 is 5.97 Å². The minimum Gasteiger partial charge on any atom is -0.467 e. The molecule has 0 radical (unpaired) electrons. The molecule has 4 heteroatoms. The number of nitrogens with one attached hydrogen (secondary N) is 1. The molecule has 0 aliphatic carbocycles. The third kappa shape index (κ3) is 5.02. The first kappa shape index (κ1) is 18.0. The molecule has 0 saturated heterocycles. The molecule has 0 heterocycles. The lowest BCUT2D eigenvalue weighted by molar-refractivity contribution is -0.143. The number of carbonyl (C=O) groups is 2. The number of allylic oxidation sites excluding steroid dienone is 1. The second-order valence-electron chi connectivity index (χ2n) is 6.24. The summed E-state index contributed by atoms with van der Waals surface area (Å²) in [5, 5.41) is 2.72. The average molecular weight is 303 g/mol. The summed E-state index contributed by atoms with van der Waals surface area (Å²) in [5.41, 5.74) is 1.72. The number of hydrogen-bond acceptors (Lipinski definition) is 3. The predicted octanol–water partition coefficient (Wildman–Crippen LogP) is 3.22. The fraction of sp³-hybridized carbons (Fsp3) is 0.444. The predicted molar refractivity (Wildman–Crippen MR) is 87.8 cm³/mol. The average Bonchev–Trinajstić information content (AvgIpc) is 2.49. The minimum atomic E-state index is -0.655. The summed E-state index contributed by atoms with van der Waals surface area (Å²) >= 11 is 0. The maximum absolute atomic E-state index is 12.3. The second-order valence-corrected chi connectivity index (χ2v) is 6.24. The molecule has 1 aromatic rings. The molecule has 1 N–H and O–H groups in total. The number of benzene rings is 1. The lowest BCUT2D eigenvalue weighted by Gasteiger charge is -2.19. The van der Waals surface area contributed by atoms with Gasteiger partial charge in [0, 0.05) is 5.56 Å². The Hall–Kier alpha value is -2.10. The zero-order valence-corrected chi connectivity index (χ0v) is 13.8. The first-order chi connectivity index (χ1) is 10.3. The van der Waals surface area contributed by atoms with E-state index < -0.39 is 12.0 Å². The minimum absolute atomic E-state index is 0.0352. The molecule has 0 unspecified atom stereocenters. The summed E-state index contributed by atoms with van der Waals surface area (Å²) in [4.78, 5) is 24.0. The van der Waals surface area contributed by atoms with Gasteiger partial charge in [-0.2, -0.15) is 0 Å². The number of hydrogen-bond donors (Lipinski definition) is 1. The Labute approximate surface area is 132 Å². The highest BCUT2D eigenvalue weighted by molar-refractivity contribution is 5.96. The van der Waals surface area contributed by atoms with Crippen LogP contribution in [0.5, 0.6) is 0 Å². The quantitative estimate of drug-likeness (QED) is 0.648. The highest BCUT2D eigenvalue weighted by atomic mass is 16.5. The van der Waals surface area contributed by atoms with E-state index in [2.05, 4.69) is 32.7 Å². The molecule has 0 fully saturated rings. The smallest absolute Gasteiger partial charge is 0.328 e. The molecule has 1 rings (SSSR count). The van der Waals surface area contributed by atoms with Gasteiger partial charge in [-0.1, -0.05) is 39.0 Å². The number of methoxy groups -OCH3 is 1. The molecule has 0 aromatic heterocycles. The van der Waals surface area contributed by atoms with Crippen molar-refractivity contribution in [1.82, 2.24) is 5.32 Å². The lowest BCUT2D eigenvalue weighted by atomic mass is 9.86. The molecule has 0 saturated carbocycles. The van der Waals surface area contributed by atoms with Crippen LogP contribution in [-0.4, -0.2) is 25.0 Å². The van der Waals surface area contributed by atoms with Gasteiger partial charge in [0.2, 0.25) is 0 Å². The summed E-state index contributed by atoms with van der Waals surface area (Å²) in [6, 6.07) is 6.77. The number of carbonyl (C=O) groups excluding carboxylic acids is 2. The van der Waals surface area contributed by atoms with Crippen LogP contribution in [0.15, 0.2) is 36.9 Å². The summed E-state index contributed by atoms with van der Waals surface area (Å²) in [7, 11) is 1.31. The second kappa shape index (κ2) is 7.78. The van der Waals surface area contributed by atoms with Crippen molar-refractivity contribution in [2.75, 3.05) is 7.11 Å². The maximum atomic E-state index is 12.3. The van der Waals surface area contributed by atoms with Gasteiger partial charge in [0.25, 0.3) is 5.91 Å². The van der Waals surface area contributed by atoms with Crippen molar-refractivity contribution in [1.29, 1.82) is 0 Å². The number of esters is 1. The summed E-state index contributed by atoms with van der Waals surface area (Å²) in [6.07, 6.45) is 2.81. The van der Waals surface area contributed by atoms with Crippen LogP contribution in [-0.2, 0) is 14.9 Å². The van der Waals surface area contributed by atoms with Crippen LogP contribution in [0.4, 0.5) is 0 Å². The van der Waals surface area contributed by atoms with Crippen LogP contribution >= 0.6 is 0 Å². The van der Waals surface area contributed by atoms with Gasteiger partial charge in [-0.05, 0) is 36.0 Å². The molecule has 1 atom stereocenters. The molecule has 120 valence electrons. The van der Waals surface area contributed by atoms with E-state index in [-0.39, 0.29) is 11.3 Å². The Balaban J connectivity index is 2.81. The molecule has 1 amide bonds. The van der Waals surface area contributed by atoms with E-state index in [0.717, 1.165) is 5.56 Å². The fourth-order valence-electron chi connectivity index (χ4n) is 2.04. The number of amides is 1. The van der Waals surface area contributed by atoms with Crippen LogP contribution in [0.1, 0.15) is 49.5 Å². The zero-order chi connectivity index (χ0) is 16.8. The van der Waals surface area contributed by atoms with E-state index in [1.807, 2.05) is 12.1 Å². The van der Waals surface area contributed by atoms with E-state index in [0.29, 0.717) is 18.4 Å². The first-order valence-corrected chi connectivity index (χ1v) is 7.39. The highest BCUT2D eigenvalue weighted by Gasteiger charge is 2.21. The summed E-state index contributed by atoms with van der Waals surface area (Å²) in [5.74, 6) is -0.721. The molecular formula is C18H25NO3. The Bertz CT molecular complexity index is 526. The van der Waals surface area contributed by atoms with Gasteiger partial charge < -0.3 is 10.1 Å². The maximum Gasteiger partial charge on any atom is 0.328 e. The van der Waals surface area contributed by atoms with Crippen molar-refractivity contribution >= 4 is 11.9 Å². The van der Waals surface area contributed by atoms with Crippen molar-refractivity contribution in [2.45, 2.75) is 45.1 Å². The highest BCUT2D eigenvalue weighted by Crippen LogP contribution is 2.22. The van der Waals surface area contributed by atoms with E-state index >= 15 is 0 Å². The van der Waals surface area contributed by atoms with E-state index in [1.165, 1.54) is 7.11 Å². The van der Waals surface area contributed by atoms with Crippen molar-refractivity contribution in [3.8, 4) is 0 Å². The molecular weight excluding hydrogens is 278 g/mol. The van der Waals surface area contributed by atoms with Crippen molar-refractivity contribution in [3.05, 3.63) is 48.0 Å². The molecule has 0 spiro atoms. The Morgan fingerprint density at radius 2 is 1.86 bits per heavy atom. The first-order valence-electron chi connectivity index (χ1n) is 7.39. The van der Waals surface area contributed by atoms with E-state index in [1.54, 1.807) is 18.2 Å². The molecule has 1 aromatic carbocycles. The number of ether oxygens (including phenoxy) is 1. The van der Waals surface area contributed by atoms with E-state index in [9.17, 15) is 9.59 Å². The van der Waals surface area contributed by atoms with Gasteiger partial charge in [0.05, 0.1) is 7.11 Å². The molecule has 0 bridgehead atoms. The SMILES string of the molecule is C=CCC[C@@H](NC(=O)c1ccc(C(C)(C)C)cc1)C(=O)OC. The van der Waals surface area contributed by atoms with Crippen LogP contribution < -0.4 is 5.32 Å². The molecule has 0 aliphatic heterocycles. The monoisotopic (exact) mass is 303 g/mol. The van der Waals surface area contributed by atoms with Crippen LogP contribution in [0.3, 0.4) is 0 Å². The molecule has 4 nitrogen and oxygen atoms in total. The largest absolute Gasteiger partial charge is 0.467 e. The van der Waals surface area contributed by atoms with Gasteiger partial charge in [0.15, 0.2) is 0 Å². The Kier molecular flexibility index (Phi) is 6.35. The van der Waals surface area contributed by atoms with Crippen molar-refractivity contribution in [3.63, 3.8) is 0 Å². The zero-order valence-electron chi connectivity index (χ0n) is 13.8. The van der Waals surface area contributed by atoms with Crippen LogP contribution in [0.2, 0.25) is 0 Å². The standard InChI is InChI=1S/C18H25NO3/c1-6-7-8-15(17(21)22-5)19-16(20)13-9-11-14(12-10-13)18(2,3)4/h6,9-12,15H,1,7-8H2,2-5H3,(H,19,20)/t15-/m1/s1. The topological polar surface area (TPSA) is 55.4 Å². The normalized spacial score (nSPS) is 12.4. The third-order valence-corrected chi connectivity index (χ3v) is 3.46. The van der Waals surface area contributed by atoms with Crippen LogP contribution in [0.25, 0.3) is 0 Å².